The van der Waals surface area contributed by atoms with Crippen LogP contribution in [0.2, 0.25) is 0 Å². The fourth-order valence-corrected chi connectivity index (χ4v) is 1.31. The quantitative estimate of drug-likeness (QED) is 0.443. The lowest BCUT2D eigenvalue weighted by Gasteiger charge is -2.05. The molecular formula is C12H19NO3. The van der Waals surface area contributed by atoms with Crippen LogP contribution in [0, 0.1) is 5.92 Å². The van der Waals surface area contributed by atoms with Crippen molar-refractivity contribution in [3.8, 4) is 0 Å². The van der Waals surface area contributed by atoms with Crippen molar-refractivity contribution < 1.29 is 14.3 Å². The predicted octanol–water partition coefficient (Wildman–Crippen LogP) is 1.78. The fourth-order valence-electron chi connectivity index (χ4n) is 1.31. The molecule has 1 rings (SSSR count). The Morgan fingerprint density at radius 3 is 2.62 bits per heavy atom. The summed E-state index contributed by atoms with van der Waals surface area (Å²) in [6.45, 7) is 8.93. The monoisotopic (exact) mass is 225 g/mol. The zero-order valence-corrected chi connectivity index (χ0v) is 9.70. The molecular weight excluding hydrogens is 206 g/mol. The van der Waals surface area contributed by atoms with E-state index < -0.39 is 0 Å². The van der Waals surface area contributed by atoms with E-state index in [1.807, 2.05) is 0 Å². The first-order valence-corrected chi connectivity index (χ1v) is 5.30. The maximum absolute atomic E-state index is 11.1. The molecule has 0 radical (unpaired) electrons. The first-order valence-electron chi connectivity index (χ1n) is 5.30. The Labute approximate surface area is 96.4 Å². The van der Waals surface area contributed by atoms with Gasteiger partial charge in [-0.25, -0.2) is 0 Å². The molecule has 0 bridgehead atoms. The lowest BCUT2D eigenvalue weighted by atomic mass is 10.0. The van der Waals surface area contributed by atoms with Crippen molar-refractivity contribution in [2.75, 3.05) is 6.54 Å². The number of hydrogen-bond donors (Lipinski definition) is 1. The average molecular weight is 225 g/mol. The van der Waals surface area contributed by atoms with E-state index in [0.29, 0.717) is 0 Å². The van der Waals surface area contributed by atoms with Crippen LogP contribution in [0.3, 0.4) is 0 Å². The summed E-state index contributed by atoms with van der Waals surface area (Å²) in [4.78, 5) is 20.8. The highest BCUT2D eigenvalue weighted by atomic mass is 16.5. The van der Waals surface area contributed by atoms with E-state index in [0.717, 1.165) is 32.1 Å². The second kappa shape index (κ2) is 8.71. The molecule has 1 aliphatic rings. The van der Waals surface area contributed by atoms with Gasteiger partial charge in [0.25, 0.3) is 0 Å². The molecule has 1 unspecified atom stereocenters. The highest BCUT2D eigenvalue weighted by Gasteiger charge is 2.16. The summed E-state index contributed by atoms with van der Waals surface area (Å²) in [7, 11) is 0. The van der Waals surface area contributed by atoms with E-state index in [1.165, 1.54) is 6.92 Å². The minimum Gasteiger partial charge on any atom is -0.435 e. The maximum atomic E-state index is 11.1. The molecule has 0 aromatic carbocycles. The zero-order valence-electron chi connectivity index (χ0n) is 9.70. The third-order valence-corrected chi connectivity index (χ3v) is 2.11. The summed E-state index contributed by atoms with van der Waals surface area (Å²) in [5.74, 6) is -0.125. The topological polar surface area (TPSA) is 55.4 Å². The third-order valence-electron chi connectivity index (χ3n) is 2.11. The molecule has 1 fully saturated rings. The number of amides is 1. The summed E-state index contributed by atoms with van der Waals surface area (Å²) in [6.07, 6.45) is 6.05. The molecule has 0 aromatic heterocycles. The highest BCUT2D eigenvalue weighted by Crippen LogP contribution is 2.12. The number of ether oxygens (including phenoxy) is 1. The van der Waals surface area contributed by atoms with Crippen molar-refractivity contribution >= 4 is 11.9 Å². The molecule has 1 N–H and O–H groups in total. The predicted molar refractivity (Wildman–Crippen MR) is 62.5 cm³/mol. The Morgan fingerprint density at radius 1 is 1.50 bits per heavy atom. The normalized spacial score (nSPS) is 19.3. The lowest BCUT2D eigenvalue weighted by Crippen LogP contribution is -2.27. The molecule has 1 heterocycles. The van der Waals surface area contributed by atoms with Gasteiger partial charge in [-0.1, -0.05) is 19.1 Å². The Hall–Kier alpha value is -1.58. The van der Waals surface area contributed by atoms with Gasteiger partial charge in [-0.15, -0.1) is 6.58 Å². The first-order chi connectivity index (χ1) is 7.61. The molecule has 1 amide bonds. The molecule has 1 aliphatic heterocycles. The van der Waals surface area contributed by atoms with E-state index in [-0.39, 0.29) is 17.8 Å². The van der Waals surface area contributed by atoms with Crippen LogP contribution in [0.5, 0.6) is 0 Å². The molecule has 1 saturated heterocycles. The molecule has 0 aliphatic carbocycles. The smallest absolute Gasteiger partial charge is 0.307 e. The minimum absolute atomic E-state index is 0.0579. The maximum Gasteiger partial charge on any atom is 0.307 e. The highest BCUT2D eigenvalue weighted by molar-refractivity contribution is 5.80. The van der Waals surface area contributed by atoms with Crippen LogP contribution in [0.1, 0.15) is 26.2 Å². The van der Waals surface area contributed by atoms with Crippen molar-refractivity contribution in [3.63, 3.8) is 0 Å². The standard InChI is InChI=1S/C8H13NO.C4H6O2/c1-2-7-5-3-4-6-9-8(7)10;1-3-6-4(2)5/h2,7H,1,3-6H2,(H,9,10);3H,1H2,2H3. The summed E-state index contributed by atoms with van der Waals surface area (Å²) >= 11 is 0. The Kier molecular flexibility index (Phi) is 7.85. The largest absolute Gasteiger partial charge is 0.435 e. The van der Waals surface area contributed by atoms with Gasteiger partial charge in [0.2, 0.25) is 5.91 Å². The van der Waals surface area contributed by atoms with Gasteiger partial charge in [0.15, 0.2) is 0 Å². The van der Waals surface area contributed by atoms with Crippen molar-refractivity contribution in [2.24, 2.45) is 5.92 Å². The van der Waals surface area contributed by atoms with Crippen LogP contribution in [0.25, 0.3) is 0 Å². The number of rotatable bonds is 2. The van der Waals surface area contributed by atoms with Gasteiger partial charge < -0.3 is 10.1 Å². The molecule has 4 nitrogen and oxygen atoms in total. The van der Waals surface area contributed by atoms with E-state index in [1.54, 1.807) is 6.08 Å². The molecule has 1 atom stereocenters. The number of hydrogen-bond acceptors (Lipinski definition) is 3. The van der Waals surface area contributed by atoms with Gasteiger partial charge in [0, 0.05) is 13.5 Å². The average Bonchev–Trinajstić information content (AvgIpc) is 2.43. The Balaban J connectivity index is 0.000000325. The Bertz CT molecular complexity index is 261. The lowest BCUT2D eigenvalue weighted by molar-refractivity contribution is -0.135. The minimum atomic E-state index is -0.329. The molecule has 16 heavy (non-hydrogen) atoms. The van der Waals surface area contributed by atoms with Gasteiger partial charge in [-0.05, 0) is 12.8 Å². The van der Waals surface area contributed by atoms with E-state index >= 15 is 0 Å². The molecule has 0 spiro atoms. The van der Waals surface area contributed by atoms with Crippen LogP contribution in [0.15, 0.2) is 25.5 Å². The Morgan fingerprint density at radius 2 is 2.19 bits per heavy atom. The van der Waals surface area contributed by atoms with Gasteiger partial charge in [-0.2, -0.15) is 0 Å². The molecule has 0 aromatic rings. The van der Waals surface area contributed by atoms with E-state index in [4.69, 9.17) is 0 Å². The second-order valence-electron chi connectivity index (χ2n) is 3.41. The van der Waals surface area contributed by atoms with Gasteiger partial charge >= 0.3 is 5.97 Å². The van der Waals surface area contributed by atoms with Gasteiger partial charge in [0.05, 0.1) is 12.2 Å². The first kappa shape index (κ1) is 14.4. The number of carbonyl (C=O) groups is 2. The second-order valence-corrected chi connectivity index (χ2v) is 3.41. The van der Waals surface area contributed by atoms with Gasteiger partial charge in [0.1, 0.15) is 0 Å². The summed E-state index contributed by atoms with van der Waals surface area (Å²) in [6, 6.07) is 0. The van der Waals surface area contributed by atoms with Crippen LogP contribution in [0.4, 0.5) is 0 Å². The third kappa shape index (κ3) is 6.81. The molecule has 0 saturated carbocycles. The van der Waals surface area contributed by atoms with E-state index in [9.17, 15) is 9.59 Å². The summed E-state index contributed by atoms with van der Waals surface area (Å²) in [5, 5.41) is 2.84. The van der Waals surface area contributed by atoms with E-state index in [2.05, 4.69) is 23.2 Å². The summed E-state index contributed by atoms with van der Waals surface area (Å²) < 4.78 is 4.17. The number of carbonyl (C=O) groups excluding carboxylic acids is 2. The van der Waals surface area contributed by atoms with Crippen LogP contribution >= 0.6 is 0 Å². The van der Waals surface area contributed by atoms with Crippen molar-refractivity contribution in [2.45, 2.75) is 26.2 Å². The van der Waals surface area contributed by atoms with Crippen LogP contribution in [-0.2, 0) is 14.3 Å². The molecule has 4 heteroatoms. The fraction of sp³-hybridized carbons (Fsp3) is 0.500. The number of esters is 1. The van der Waals surface area contributed by atoms with Crippen molar-refractivity contribution in [1.82, 2.24) is 5.32 Å². The van der Waals surface area contributed by atoms with Gasteiger partial charge in [-0.3, -0.25) is 9.59 Å². The zero-order chi connectivity index (χ0) is 12.4. The van der Waals surface area contributed by atoms with Crippen molar-refractivity contribution in [3.05, 3.63) is 25.5 Å². The summed E-state index contributed by atoms with van der Waals surface area (Å²) in [5.41, 5.74) is 0. The molecule has 90 valence electrons. The van der Waals surface area contributed by atoms with Crippen molar-refractivity contribution in [1.29, 1.82) is 0 Å². The van der Waals surface area contributed by atoms with Crippen LogP contribution < -0.4 is 5.32 Å². The van der Waals surface area contributed by atoms with Crippen LogP contribution in [-0.4, -0.2) is 18.4 Å². The SMILES string of the molecule is C=CC1CCCCNC1=O.C=COC(C)=O. The number of nitrogens with one attached hydrogen (secondary N) is 1.